The second kappa shape index (κ2) is 5.96. The van der Waals surface area contributed by atoms with E-state index in [0.29, 0.717) is 13.1 Å². The lowest BCUT2D eigenvalue weighted by Crippen LogP contribution is -2.39. The third kappa shape index (κ3) is 2.48. The van der Waals surface area contributed by atoms with Gasteiger partial charge in [0.15, 0.2) is 0 Å². The van der Waals surface area contributed by atoms with Gasteiger partial charge >= 0.3 is 0 Å². The van der Waals surface area contributed by atoms with Gasteiger partial charge in [-0.3, -0.25) is 4.79 Å². The number of likely N-dealkylation sites (tertiary alicyclic amines) is 1. The minimum Gasteiger partial charge on any atom is -0.338 e. The number of carbonyl (C=O) groups excluding carboxylic acids is 1. The molecular formula is C17H18F2N4O. The van der Waals surface area contributed by atoms with E-state index in [0.717, 1.165) is 56.0 Å². The van der Waals surface area contributed by atoms with Crippen molar-refractivity contribution in [1.29, 1.82) is 0 Å². The molecule has 1 saturated heterocycles. The normalized spacial score (nSPS) is 18.0. The summed E-state index contributed by atoms with van der Waals surface area (Å²) in [6, 6.07) is 3.49. The number of carbonyl (C=O) groups is 1. The SMILES string of the molecule is O=C(c1c(F)cccc1F)N1CCC(c2nnc3n2CCC3)CC1. The lowest BCUT2D eigenvalue weighted by Gasteiger charge is -2.31. The summed E-state index contributed by atoms with van der Waals surface area (Å²) < 4.78 is 29.8. The molecule has 0 unspecified atom stereocenters. The maximum atomic E-state index is 13.8. The van der Waals surface area contributed by atoms with E-state index in [1.807, 2.05) is 0 Å². The van der Waals surface area contributed by atoms with Gasteiger partial charge in [-0.1, -0.05) is 6.07 Å². The van der Waals surface area contributed by atoms with Crippen molar-refractivity contribution in [3.63, 3.8) is 0 Å². The summed E-state index contributed by atoms with van der Waals surface area (Å²) in [5.74, 6) is 0.0906. The number of amides is 1. The Morgan fingerprint density at radius 3 is 2.50 bits per heavy atom. The Balaban J connectivity index is 1.47. The molecular weight excluding hydrogens is 314 g/mol. The van der Waals surface area contributed by atoms with Gasteiger partial charge in [-0.2, -0.15) is 0 Å². The van der Waals surface area contributed by atoms with Crippen molar-refractivity contribution in [2.24, 2.45) is 0 Å². The van der Waals surface area contributed by atoms with E-state index in [1.54, 1.807) is 0 Å². The van der Waals surface area contributed by atoms with E-state index >= 15 is 0 Å². The first-order valence-corrected chi connectivity index (χ1v) is 8.30. The highest BCUT2D eigenvalue weighted by Crippen LogP contribution is 2.30. The monoisotopic (exact) mass is 332 g/mol. The van der Waals surface area contributed by atoms with Crippen LogP contribution in [-0.4, -0.2) is 38.7 Å². The van der Waals surface area contributed by atoms with Crippen molar-refractivity contribution in [2.45, 2.75) is 38.1 Å². The van der Waals surface area contributed by atoms with Crippen molar-refractivity contribution in [3.05, 3.63) is 47.0 Å². The molecule has 2 aromatic rings. The smallest absolute Gasteiger partial charge is 0.259 e. The zero-order chi connectivity index (χ0) is 16.7. The van der Waals surface area contributed by atoms with Gasteiger partial charge in [0.2, 0.25) is 0 Å². The highest BCUT2D eigenvalue weighted by atomic mass is 19.1. The lowest BCUT2D eigenvalue weighted by molar-refractivity contribution is 0.0700. The molecule has 0 radical (unpaired) electrons. The van der Waals surface area contributed by atoms with Gasteiger partial charge in [0.1, 0.15) is 28.8 Å². The quantitative estimate of drug-likeness (QED) is 0.849. The van der Waals surface area contributed by atoms with Gasteiger partial charge in [0, 0.05) is 32.0 Å². The van der Waals surface area contributed by atoms with Crippen LogP contribution >= 0.6 is 0 Å². The van der Waals surface area contributed by atoms with Crippen LogP contribution < -0.4 is 0 Å². The van der Waals surface area contributed by atoms with E-state index in [1.165, 1.54) is 11.0 Å². The van der Waals surface area contributed by atoms with Crippen molar-refractivity contribution in [1.82, 2.24) is 19.7 Å². The number of hydrogen-bond donors (Lipinski definition) is 0. The van der Waals surface area contributed by atoms with Crippen molar-refractivity contribution >= 4 is 5.91 Å². The zero-order valence-electron chi connectivity index (χ0n) is 13.2. The van der Waals surface area contributed by atoms with Crippen molar-refractivity contribution < 1.29 is 13.6 Å². The molecule has 2 aliphatic heterocycles. The molecule has 0 spiro atoms. The number of halogens is 2. The number of piperidine rings is 1. The largest absolute Gasteiger partial charge is 0.338 e. The highest BCUT2D eigenvalue weighted by Gasteiger charge is 2.31. The first kappa shape index (κ1) is 15.2. The second-order valence-corrected chi connectivity index (χ2v) is 6.39. The summed E-state index contributed by atoms with van der Waals surface area (Å²) in [6.45, 7) is 1.90. The summed E-state index contributed by atoms with van der Waals surface area (Å²) in [4.78, 5) is 14.0. The van der Waals surface area contributed by atoms with Gasteiger partial charge in [0.05, 0.1) is 0 Å². The standard InChI is InChI=1S/C17H18F2N4O/c18-12-3-1-4-13(19)15(12)17(24)22-9-6-11(7-10-22)16-21-20-14-5-2-8-23(14)16/h1,3-4,11H,2,5-10H2. The van der Waals surface area contributed by atoms with Gasteiger partial charge in [-0.05, 0) is 31.4 Å². The first-order valence-electron chi connectivity index (χ1n) is 8.30. The number of fused-ring (bicyclic) bond motifs is 1. The third-order valence-electron chi connectivity index (χ3n) is 4.96. The molecule has 24 heavy (non-hydrogen) atoms. The maximum Gasteiger partial charge on any atom is 0.259 e. The molecule has 0 atom stereocenters. The molecule has 0 N–H and O–H groups in total. The van der Waals surface area contributed by atoms with Crippen LogP contribution in [-0.2, 0) is 13.0 Å². The Hall–Kier alpha value is -2.31. The number of benzene rings is 1. The molecule has 0 bridgehead atoms. The minimum atomic E-state index is -0.808. The Labute approximate surface area is 138 Å². The van der Waals surface area contributed by atoms with E-state index < -0.39 is 23.1 Å². The van der Waals surface area contributed by atoms with Crippen LogP contribution in [0.4, 0.5) is 8.78 Å². The molecule has 1 aromatic carbocycles. The van der Waals surface area contributed by atoms with Crippen LogP contribution in [0.25, 0.3) is 0 Å². The Kier molecular flexibility index (Phi) is 3.78. The molecule has 4 rings (SSSR count). The fourth-order valence-corrected chi connectivity index (χ4v) is 3.68. The Morgan fingerprint density at radius 2 is 1.79 bits per heavy atom. The second-order valence-electron chi connectivity index (χ2n) is 6.39. The summed E-state index contributed by atoms with van der Waals surface area (Å²) in [5, 5.41) is 8.54. The van der Waals surface area contributed by atoms with Crippen LogP contribution in [0.2, 0.25) is 0 Å². The van der Waals surface area contributed by atoms with Crippen LogP contribution in [0.3, 0.4) is 0 Å². The lowest BCUT2D eigenvalue weighted by atomic mass is 9.95. The van der Waals surface area contributed by atoms with Crippen LogP contribution in [0.5, 0.6) is 0 Å². The Bertz CT molecular complexity index is 761. The fraction of sp³-hybridized carbons (Fsp3) is 0.471. The van der Waals surface area contributed by atoms with Gasteiger partial charge in [-0.25, -0.2) is 8.78 Å². The molecule has 3 heterocycles. The number of rotatable bonds is 2. The predicted molar refractivity (Wildman–Crippen MR) is 82.6 cm³/mol. The van der Waals surface area contributed by atoms with E-state index in [2.05, 4.69) is 14.8 Å². The van der Waals surface area contributed by atoms with Gasteiger partial charge in [0.25, 0.3) is 5.91 Å². The van der Waals surface area contributed by atoms with Crippen LogP contribution in [0, 0.1) is 11.6 Å². The topological polar surface area (TPSA) is 51.0 Å². The summed E-state index contributed by atoms with van der Waals surface area (Å²) >= 11 is 0. The summed E-state index contributed by atoms with van der Waals surface area (Å²) in [5.41, 5.74) is -0.459. The average Bonchev–Trinajstić information content (AvgIpc) is 3.18. The van der Waals surface area contributed by atoms with Crippen molar-refractivity contribution in [3.8, 4) is 0 Å². The predicted octanol–water partition coefficient (Wildman–Crippen LogP) is 2.52. The maximum absolute atomic E-state index is 13.8. The molecule has 0 saturated carbocycles. The van der Waals surface area contributed by atoms with Crippen molar-refractivity contribution in [2.75, 3.05) is 13.1 Å². The molecule has 1 fully saturated rings. The average molecular weight is 332 g/mol. The molecule has 2 aliphatic rings. The van der Waals surface area contributed by atoms with Crippen LogP contribution in [0.1, 0.15) is 47.2 Å². The van der Waals surface area contributed by atoms with Crippen LogP contribution in [0.15, 0.2) is 18.2 Å². The van der Waals surface area contributed by atoms with Gasteiger partial charge in [-0.15, -0.1) is 10.2 Å². The fourth-order valence-electron chi connectivity index (χ4n) is 3.68. The molecule has 126 valence electrons. The zero-order valence-corrected chi connectivity index (χ0v) is 13.2. The number of aromatic nitrogens is 3. The molecule has 0 aliphatic carbocycles. The molecule has 5 nitrogen and oxygen atoms in total. The third-order valence-corrected chi connectivity index (χ3v) is 4.96. The van der Waals surface area contributed by atoms with E-state index in [9.17, 15) is 13.6 Å². The Morgan fingerprint density at radius 1 is 1.08 bits per heavy atom. The molecule has 7 heteroatoms. The number of aryl methyl sites for hydroxylation is 1. The first-order chi connectivity index (χ1) is 11.6. The van der Waals surface area contributed by atoms with E-state index in [4.69, 9.17) is 0 Å². The van der Waals surface area contributed by atoms with Gasteiger partial charge < -0.3 is 9.47 Å². The molecule has 1 aromatic heterocycles. The number of nitrogens with zero attached hydrogens (tertiary/aromatic N) is 4. The highest BCUT2D eigenvalue weighted by molar-refractivity contribution is 5.94. The minimum absolute atomic E-state index is 0.249. The number of hydrogen-bond acceptors (Lipinski definition) is 3. The molecule has 1 amide bonds. The van der Waals surface area contributed by atoms with E-state index in [-0.39, 0.29) is 5.92 Å². The summed E-state index contributed by atoms with van der Waals surface area (Å²) in [7, 11) is 0. The summed E-state index contributed by atoms with van der Waals surface area (Å²) in [6.07, 6.45) is 3.54.